The third kappa shape index (κ3) is 4.92. The number of rotatable bonds is 6. The number of carbonyl (C=O) groups is 2. The number of nitrogens with one attached hydrogen (secondary N) is 1. The maximum Gasteiger partial charge on any atom is 0.417 e. The molecule has 8 nitrogen and oxygen atoms in total. The predicted octanol–water partition coefficient (Wildman–Crippen LogP) is 3.07. The first-order valence-electron chi connectivity index (χ1n) is 11.0. The number of nitrogens with two attached hydrogens (primary N) is 1. The van der Waals surface area contributed by atoms with Gasteiger partial charge in [0.1, 0.15) is 5.82 Å². The van der Waals surface area contributed by atoms with E-state index in [0.717, 1.165) is 43.6 Å². The van der Waals surface area contributed by atoms with Crippen molar-refractivity contribution in [1.82, 2.24) is 15.3 Å². The molecule has 2 aliphatic heterocycles. The molecule has 34 heavy (non-hydrogen) atoms. The maximum absolute atomic E-state index is 12.9. The van der Waals surface area contributed by atoms with Crippen LogP contribution in [0.2, 0.25) is 0 Å². The second-order valence-corrected chi connectivity index (χ2v) is 9.20. The zero-order chi connectivity index (χ0) is 24.7. The molecule has 0 unspecified atom stereocenters. The monoisotopic (exact) mass is 477 g/mol. The predicted molar refractivity (Wildman–Crippen MR) is 117 cm³/mol. The molecule has 3 atom stereocenters. The van der Waals surface area contributed by atoms with Crippen molar-refractivity contribution in [3.05, 3.63) is 47.8 Å². The summed E-state index contributed by atoms with van der Waals surface area (Å²) in [5.41, 5.74) is 3.43. The number of aromatic nitrogens is 2. The fraction of sp³-hybridized carbons (Fsp3) is 0.478. The summed E-state index contributed by atoms with van der Waals surface area (Å²) in [6.07, 6.45) is 1.02. The SMILES string of the molecule is CC(C)(Oc1ccc(C(F)(F)F)cn1)C(=O)N[C@H]1C[C@H]2CC[C@@H](C1)N2c1ccc(C(N)=O)cn1. The third-order valence-corrected chi connectivity index (χ3v) is 6.34. The Morgan fingerprint density at radius 2 is 1.74 bits per heavy atom. The number of hydrogen-bond acceptors (Lipinski definition) is 6. The van der Waals surface area contributed by atoms with Gasteiger partial charge in [-0.15, -0.1) is 0 Å². The number of amides is 2. The van der Waals surface area contributed by atoms with Gasteiger partial charge in [-0.3, -0.25) is 9.59 Å². The Labute approximate surface area is 194 Å². The van der Waals surface area contributed by atoms with Gasteiger partial charge in [0, 0.05) is 36.6 Å². The number of nitrogens with zero attached hydrogens (tertiary/aromatic N) is 3. The van der Waals surface area contributed by atoms with E-state index in [1.807, 2.05) is 0 Å². The average Bonchev–Trinajstić information content (AvgIpc) is 3.03. The summed E-state index contributed by atoms with van der Waals surface area (Å²) in [5.74, 6) is -0.177. The van der Waals surface area contributed by atoms with Gasteiger partial charge >= 0.3 is 6.18 Å². The summed E-state index contributed by atoms with van der Waals surface area (Å²) >= 11 is 0. The van der Waals surface area contributed by atoms with Crippen molar-refractivity contribution >= 4 is 17.6 Å². The highest BCUT2D eigenvalue weighted by atomic mass is 19.4. The second kappa shape index (κ2) is 8.77. The van der Waals surface area contributed by atoms with Crippen LogP contribution in [0.3, 0.4) is 0 Å². The Morgan fingerprint density at radius 1 is 1.06 bits per heavy atom. The molecule has 0 spiro atoms. The number of halogens is 3. The minimum atomic E-state index is -4.49. The summed E-state index contributed by atoms with van der Waals surface area (Å²) < 4.78 is 43.8. The molecule has 2 bridgehead atoms. The number of hydrogen-bond donors (Lipinski definition) is 2. The Kier molecular flexibility index (Phi) is 6.13. The Bertz CT molecular complexity index is 1040. The topological polar surface area (TPSA) is 110 Å². The van der Waals surface area contributed by atoms with E-state index in [0.29, 0.717) is 11.8 Å². The Morgan fingerprint density at radius 3 is 2.24 bits per heavy atom. The molecule has 3 N–H and O–H groups in total. The van der Waals surface area contributed by atoms with Gasteiger partial charge in [0.2, 0.25) is 11.8 Å². The lowest BCUT2D eigenvalue weighted by molar-refractivity contribution is -0.138. The van der Waals surface area contributed by atoms with Crippen molar-refractivity contribution < 1.29 is 27.5 Å². The molecule has 2 aromatic rings. The number of alkyl halides is 3. The van der Waals surface area contributed by atoms with Crippen LogP contribution in [-0.4, -0.2) is 45.5 Å². The molecule has 0 aliphatic carbocycles. The Hall–Kier alpha value is -3.37. The van der Waals surface area contributed by atoms with Gasteiger partial charge in [-0.25, -0.2) is 9.97 Å². The van der Waals surface area contributed by atoms with E-state index in [1.54, 1.807) is 26.0 Å². The highest BCUT2D eigenvalue weighted by Crippen LogP contribution is 2.38. The number of ether oxygens (including phenoxy) is 1. The fourth-order valence-corrected chi connectivity index (χ4v) is 4.63. The number of pyridine rings is 2. The fourth-order valence-electron chi connectivity index (χ4n) is 4.63. The first-order valence-corrected chi connectivity index (χ1v) is 11.0. The van der Waals surface area contributed by atoms with Crippen LogP contribution in [0.1, 0.15) is 55.5 Å². The van der Waals surface area contributed by atoms with Gasteiger partial charge in [-0.2, -0.15) is 13.2 Å². The zero-order valence-corrected chi connectivity index (χ0v) is 18.8. The smallest absolute Gasteiger partial charge is 0.417 e. The lowest BCUT2D eigenvalue weighted by Crippen LogP contribution is -2.55. The molecule has 4 rings (SSSR count). The molecular weight excluding hydrogens is 451 g/mol. The maximum atomic E-state index is 12.9. The van der Waals surface area contributed by atoms with Gasteiger partial charge in [0.25, 0.3) is 5.91 Å². The minimum Gasteiger partial charge on any atom is -0.462 e. The molecule has 2 aliphatic rings. The van der Waals surface area contributed by atoms with E-state index >= 15 is 0 Å². The van der Waals surface area contributed by atoms with Gasteiger partial charge in [-0.05, 0) is 57.7 Å². The van der Waals surface area contributed by atoms with Crippen LogP contribution in [0.25, 0.3) is 0 Å². The summed E-state index contributed by atoms with van der Waals surface area (Å²) in [5, 5.41) is 3.03. The molecule has 2 fully saturated rings. The molecule has 2 saturated heterocycles. The molecule has 0 saturated carbocycles. The minimum absolute atomic E-state index is 0.0616. The van der Waals surface area contributed by atoms with Gasteiger partial charge in [0.05, 0.1) is 11.1 Å². The van der Waals surface area contributed by atoms with Crippen molar-refractivity contribution in [2.24, 2.45) is 5.73 Å². The van der Waals surface area contributed by atoms with Crippen LogP contribution < -0.4 is 20.7 Å². The number of fused-ring (bicyclic) bond motifs is 2. The van der Waals surface area contributed by atoms with Crippen LogP contribution in [0.15, 0.2) is 36.7 Å². The molecule has 4 heterocycles. The van der Waals surface area contributed by atoms with Crippen LogP contribution in [0.4, 0.5) is 19.0 Å². The number of primary amides is 1. The largest absolute Gasteiger partial charge is 0.462 e. The van der Waals surface area contributed by atoms with E-state index in [9.17, 15) is 22.8 Å². The second-order valence-electron chi connectivity index (χ2n) is 9.20. The number of anilines is 1. The average molecular weight is 477 g/mol. The number of carbonyl (C=O) groups excluding carboxylic acids is 2. The first-order chi connectivity index (χ1) is 15.9. The highest BCUT2D eigenvalue weighted by molar-refractivity contribution is 5.92. The van der Waals surface area contributed by atoms with Crippen LogP contribution in [0.5, 0.6) is 5.88 Å². The van der Waals surface area contributed by atoms with Crippen molar-refractivity contribution in [1.29, 1.82) is 0 Å². The lowest BCUT2D eigenvalue weighted by atomic mass is 9.96. The Balaban J connectivity index is 1.37. The van der Waals surface area contributed by atoms with E-state index in [4.69, 9.17) is 10.5 Å². The zero-order valence-electron chi connectivity index (χ0n) is 18.8. The summed E-state index contributed by atoms with van der Waals surface area (Å²) in [6, 6.07) is 5.73. The molecular formula is C23H26F3N5O3. The van der Waals surface area contributed by atoms with Gasteiger partial charge < -0.3 is 20.7 Å². The molecule has 182 valence electrons. The van der Waals surface area contributed by atoms with E-state index < -0.39 is 23.2 Å². The van der Waals surface area contributed by atoms with Crippen LogP contribution >= 0.6 is 0 Å². The van der Waals surface area contributed by atoms with Crippen molar-refractivity contribution in [3.8, 4) is 5.88 Å². The third-order valence-electron chi connectivity index (χ3n) is 6.34. The summed E-state index contributed by atoms with van der Waals surface area (Å²) in [7, 11) is 0. The van der Waals surface area contributed by atoms with Crippen LogP contribution in [-0.2, 0) is 11.0 Å². The summed E-state index contributed by atoms with van der Waals surface area (Å²) in [6.45, 7) is 3.10. The highest BCUT2D eigenvalue weighted by Gasteiger charge is 2.43. The first kappa shape index (κ1) is 23.8. The van der Waals surface area contributed by atoms with Gasteiger partial charge in [0.15, 0.2) is 5.60 Å². The van der Waals surface area contributed by atoms with Crippen molar-refractivity contribution in [3.63, 3.8) is 0 Å². The quantitative estimate of drug-likeness (QED) is 0.662. The van der Waals surface area contributed by atoms with E-state index in [-0.39, 0.29) is 29.9 Å². The van der Waals surface area contributed by atoms with Gasteiger partial charge in [-0.1, -0.05) is 0 Å². The summed E-state index contributed by atoms with van der Waals surface area (Å²) in [4.78, 5) is 34.6. The molecule has 11 heteroatoms. The molecule has 0 radical (unpaired) electrons. The van der Waals surface area contributed by atoms with Crippen molar-refractivity contribution in [2.75, 3.05) is 4.90 Å². The molecule has 2 aromatic heterocycles. The lowest BCUT2D eigenvalue weighted by Gasteiger charge is -2.40. The standard InChI is InChI=1S/C23H26F3N5O3/c1-22(2,34-19-8-4-14(12-29-19)23(24,25)26)21(33)30-15-9-16-5-6-17(10-15)31(16)18-7-3-13(11-28-18)20(27)32/h3-4,7-8,11-12,15-17H,5-6,9-10H2,1-2H3,(H2,27,32)(H,30,33)/t15-,16+,17-. The van der Waals surface area contributed by atoms with E-state index in [1.165, 1.54) is 6.20 Å². The van der Waals surface area contributed by atoms with E-state index in [2.05, 4.69) is 20.2 Å². The molecule has 2 amide bonds. The van der Waals surface area contributed by atoms with Crippen molar-refractivity contribution in [2.45, 2.75) is 69.4 Å². The molecule has 0 aromatic carbocycles. The van der Waals surface area contributed by atoms with Crippen LogP contribution in [0, 0.1) is 0 Å². The normalized spacial score (nSPS) is 22.4. The number of piperidine rings is 1.